The number of hydrogen-bond donors (Lipinski definition) is 8. The minimum absolute atomic E-state index is 0.265. The van der Waals surface area contributed by atoms with Crippen molar-refractivity contribution < 1.29 is 50.0 Å². The summed E-state index contributed by atoms with van der Waals surface area (Å²) in [6, 6.07) is -1.16. The molecule has 5 unspecified atom stereocenters. The second kappa shape index (κ2) is 34.9. The highest BCUT2D eigenvalue weighted by Crippen LogP contribution is 2.23. The Morgan fingerprint density at radius 3 is 1.43 bits per heavy atom. The third-order valence-corrected chi connectivity index (χ3v) is 11.6. The fourth-order valence-electron chi connectivity index (χ4n) is 7.68. The highest BCUT2D eigenvalue weighted by Gasteiger charge is 2.44. The highest BCUT2D eigenvalue weighted by molar-refractivity contribution is 5.80. The van der Waals surface area contributed by atoms with Gasteiger partial charge in [-0.05, 0) is 18.8 Å². The van der Waals surface area contributed by atoms with Crippen molar-refractivity contribution in [2.75, 3.05) is 13.2 Å². The Kier molecular flexibility index (Phi) is 33.1. The predicted molar refractivity (Wildman–Crippen MR) is 224 cm³/mol. The first-order valence-electron chi connectivity index (χ1n) is 23.3. The Morgan fingerprint density at radius 2 is 1.00 bits per heavy atom. The topological polar surface area (TPSA) is 189 Å². The van der Waals surface area contributed by atoms with Gasteiger partial charge in [0.1, 0.15) is 36.6 Å². The zero-order valence-electron chi connectivity index (χ0n) is 36.0. The van der Waals surface area contributed by atoms with Gasteiger partial charge in [0, 0.05) is 0 Å². The number of unbranched alkanes of at least 4 members (excludes halogenated alkanes) is 24. The van der Waals surface area contributed by atoms with E-state index in [1.807, 2.05) is 0 Å². The summed E-state index contributed by atoms with van der Waals surface area (Å²) in [6.45, 7) is 5.72. The van der Waals surface area contributed by atoms with Gasteiger partial charge in [0.15, 0.2) is 6.29 Å². The zero-order chi connectivity index (χ0) is 41.4. The van der Waals surface area contributed by atoms with Gasteiger partial charge in [-0.2, -0.15) is 0 Å². The molecule has 0 spiro atoms. The van der Waals surface area contributed by atoms with Crippen LogP contribution in [-0.4, -0.2) is 110 Å². The van der Waals surface area contributed by atoms with E-state index in [-0.39, 0.29) is 6.42 Å². The van der Waals surface area contributed by atoms with Crippen LogP contribution in [0.25, 0.3) is 0 Å². The smallest absolute Gasteiger partial charge is 0.249 e. The molecule has 0 saturated carbocycles. The average Bonchev–Trinajstić information content (AvgIpc) is 3.18. The van der Waals surface area contributed by atoms with Crippen LogP contribution in [0.15, 0.2) is 0 Å². The highest BCUT2D eigenvalue weighted by atomic mass is 16.7. The molecule has 1 heterocycles. The molecule has 11 nitrogen and oxygen atoms in total. The van der Waals surface area contributed by atoms with E-state index in [1.54, 1.807) is 0 Å². The quantitative estimate of drug-likeness (QED) is 0.0293. The van der Waals surface area contributed by atoms with Crippen LogP contribution in [0, 0.1) is 5.92 Å². The summed E-state index contributed by atoms with van der Waals surface area (Å²) in [5.41, 5.74) is 0. The number of aliphatic hydroxyl groups is 7. The maximum absolute atomic E-state index is 13.1. The van der Waals surface area contributed by atoms with Crippen LogP contribution in [0.3, 0.4) is 0 Å². The monoisotopic (exact) mass is 804 g/mol. The van der Waals surface area contributed by atoms with Gasteiger partial charge in [-0.15, -0.1) is 0 Å². The van der Waals surface area contributed by atoms with Crippen molar-refractivity contribution in [3.8, 4) is 0 Å². The van der Waals surface area contributed by atoms with Gasteiger partial charge < -0.3 is 50.5 Å². The number of ether oxygens (including phenoxy) is 2. The maximum atomic E-state index is 13.1. The van der Waals surface area contributed by atoms with Crippen LogP contribution in [-0.2, 0) is 14.3 Å². The average molecular weight is 804 g/mol. The number of nitrogens with one attached hydrogen (secondary N) is 1. The van der Waals surface area contributed by atoms with Gasteiger partial charge in [-0.25, -0.2) is 0 Å². The molecule has 9 atom stereocenters. The molecular formula is C45H89NO10. The van der Waals surface area contributed by atoms with Crippen LogP contribution < -0.4 is 5.32 Å². The molecule has 1 rings (SSSR count). The van der Waals surface area contributed by atoms with E-state index in [2.05, 4.69) is 26.1 Å². The first-order chi connectivity index (χ1) is 27.0. The Morgan fingerprint density at radius 1 is 0.589 bits per heavy atom. The summed E-state index contributed by atoms with van der Waals surface area (Å²) in [6.07, 6.45) is 21.7. The number of carbonyl (C=O) groups excluding carboxylic acids is 1. The van der Waals surface area contributed by atoms with Crippen molar-refractivity contribution in [2.24, 2.45) is 5.92 Å². The Hall–Kier alpha value is -0.890. The van der Waals surface area contributed by atoms with Crippen molar-refractivity contribution in [3.05, 3.63) is 0 Å². The van der Waals surface area contributed by atoms with Crippen LogP contribution in [0.4, 0.5) is 0 Å². The molecule has 11 heteroatoms. The van der Waals surface area contributed by atoms with E-state index in [0.717, 1.165) is 44.4 Å². The minimum Gasteiger partial charge on any atom is -0.394 e. The predicted octanol–water partition coefficient (Wildman–Crippen LogP) is 7.36. The van der Waals surface area contributed by atoms with Crippen LogP contribution in [0.1, 0.15) is 207 Å². The number of carbonyl (C=O) groups is 1. The van der Waals surface area contributed by atoms with E-state index in [9.17, 15) is 40.5 Å². The third kappa shape index (κ3) is 25.6. The molecular weight excluding hydrogens is 714 g/mol. The first kappa shape index (κ1) is 53.1. The van der Waals surface area contributed by atoms with Crippen LogP contribution >= 0.6 is 0 Å². The van der Waals surface area contributed by atoms with Gasteiger partial charge in [-0.1, -0.05) is 194 Å². The lowest BCUT2D eigenvalue weighted by Gasteiger charge is -2.40. The summed E-state index contributed by atoms with van der Waals surface area (Å²) in [5.74, 6) is 0.0522. The lowest BCUT2D eigenvalue weighted by molar-refractivity contribution is -0.303. The lowest BCUT2D eigenvalue weighted by Crippen LogP contribution is -2.60. The SMILES string of the molecule is CCCCCCCCCCCCCCCCCCCC[C@@H](O)C(=O)NC(CO[C@@H]1OC(CO)[C@H](O)C(O)C1O)[C@H](O)C(O)CCCCCCCCCCC(C)C. The second-order valence-corrected chi connectivity index (χ2v) is 17.3. The van der Waals surface area contributed by atoms with Crippen molar-refractivity contribution in [1.82, 2.24) is 5.32 Å². The molecule has 56 heavy (non-hydrogen) atoms. The van der Waals surface area contributed by atoms with Crippen LogP contribution in [0.2, 0.25) is 0 Å². The van der Waals surface area contributed by atoms with Gasteiger partial charge >= 0.3 is 0 Å². The molecule has 334 valence electrons. The van der Waals surface area contributed by atoms with Gasteiger partial charge in [0.05, 0.1) is 25.4 Å². The third-order valence-electron chi connectivity index (χ3n) is 11.6. The van der Waals surface area contributed by atoms with Crippen molar-refractivity contribution in [3.63, 3.8) is 0 Å². The molecule has 0 aliphatic carbocycles. The Labute approximate surface area is 341 Å². The molecule has 0 bridgehead atoms. The number of aliphatic hydroxyl groups excluding tert-OH is 7. The fraction of sp³-hybridized carbons (Fsp3) is 0.978. The second-order valence-electron chi connectivity index (χ2n) is 17.3. The molecule has 1 amide bonds. The summed E-state index contributed by atoms with van der Waals surface area (Å²) in [7, 11) is 0. The Balaban J connectivity index is 2.42. The Bertz CT molecular complexity index is 895. The first-order valence-corrected chi connectivity index (χ1v) is 23.3. The summed E-state index contributed by atoms with van der Waals surface area (Å²) >= 11 is 0. The molecule has 0 radical (unpaired) electrons. The molecule has 1 fully saturated rings. The van der Waals surface area contributed by atoms with Crippen molar-refractivity contribution in [1.29, 1.82) is 0 Å². The molecule has 1 aliphatic rings. The van der Waals surface area contributed by atoms with Crippen molar-refractivity contribution in [2.45, 2.75) is 262 Å². The number of hydrogen-bond acceptors (Lipinski definition) is 10. The summed E-state index contributed by atoms with van der Waals surface area (Å²) < 4.78 is 11.1. The van der Waals surface area contributed by atoms with Crippen LogP contribution in [0.5, 0.6) is 0 Å². The van der Waals surface area contributed by atoms with E-state index < -0.39 is 74.2 Å². The van der Waals surface area contributed by atoms with Gasteiger partial charge in [0.2, 0.25) is 5.91 Å². The van der Waals surface area contributed by atoms with Crippen molar-refractivity contribution >= 4 is 5.91 Å². The number of amides is 1. The standard InChI is InChI=1S/C45H89NO10/c1-4-5-6-7-8-9-10-11-12-13-14-15-16-17-18-23-26-29-32-38(49)44(54)46-36(34-55-45-43(53)42(52)41(51)39(33-47)56-45)40(50)37(48)31-28-25-22-20-19-21-24-27-30-35(2)3/h35-43,45,47-53H,4-34H2,1-3H3,(H,46,54)/t36?,37?,38-,39?,40+,41+,42?,43?,45-/m1/s1. The minimum atomic E-state index is -1.66. The lowest BCUT2D eigenvalue weighted by atomic mass is 9.98. The van der Waals surface area contributed by atoms with E-state index in [0.29, 0.717) is 19.3 Å². The fourth-order valence-corrected chi connectivity index (χ4v) is 7.68. The molecule has 0 aromatic rings. The number of rotatable bonds is 38. The molecule has 0 aromatic carbocycles. The molecule has 1 saturated heterocycles. The molecule has 0 aromatic heterocycles. The largest absolute Gasteiger partial charge is 0.394 e. The van der Waals surface area contributed by atoms with E-state index in [1.165, 1.54) is 122 Å². The maximum Gasteiger partial charge on any atom is 0.249 e. The van der Waals surface area contributed by atoms with E-state index >= 15 is 0 Å². The molecule has 1 aliphatic heterocycles. The normalized spacial score (nSPS) is 22.3. The summed E-state index contributed by atoms with van der Waals surface area (Å²) in [5, 5.41) is 75.6. The summed E-state index contributed by atoms with van der Waals surface area (Å²) in [4.78, 5) is 13.1. The zero-order valence-corrected chi connectivity index (χ0v) is 36.0. The molecule has 8 N–H and O–H groups in total. The van der Waals surface area contributed by atoms with Gasteiger partial charge in [-0.3, -0.25) is 4.79 Å². The van der Waals surface area contributed by atoms with Gasteiger partial charge in [0.25, 0.3) is 0 Å². The van der Waals surface area contributed by atoms with E-state index in [4.69, 9.17) is 9.47 Å².